The maximum absolute atomic E-state index is 13.0. The molecule has 11 heteroatoms. The van der Waals surface area contributed by atoms with E-state index in [0.717, 1.165) is 12.1 Å². The lowest BCUT2D eigenvalue weighted by atomic mass is 9.91. The highest BCUT2D eigenvalue weighted by atomic mass is 19.4. The van der Waals surface area contributed by atoms with Crippen LogP contribution in [-0.4, -0.2) is 52.0 Å². The molecule has 7 nitrogen and oxygen atoms in total. The Hall–Kier alpha value is -3.60. The Labute approximate surface area is 196 Å². The summed E-state index contributed by atoms with van der Waals surface area (Å²) in [6.45, 7) is 6.21. The van der Waals surface area contributed by atoms with Gasteiger partial charge in [-0.2, -0.15) is 18.2 Å². The van der Waals surface area contributed by atoms with E-state index in [1.54, 1.807) is 61.4 Å². The third-order valence-electron chi connectivity index (χ3n) is 5.90. The van der Waals surface area contributed by atoms with E-state index in [0.29, 0.717) is 41.0 Å². The second-order valence-corrected chi connectivity index (χ2v) is 8.43. The van der Waals surface area contributed by atoms with E-state index in [-0.39, 0.29) is 6.04 Å². The van der Waals surface area contributed by atoms with Crippen LogP contribution < -0.4 is 10.2 Å². The molecule has 2 unspecified atom stereocenters. The fourth-order valence-corrected chi connectivity index (χ4v) is 3.71. The zero-order valence-corrected chi connectivity index (χ0v) is 19.0. The van der Waals surface area contributed by atoms with Crippen molar-refractivity contribution < 1.29 is 18.3 Å². The van der Waals surface area contributed by atoms with Crippen LogP contribution in [0, 0.1) is 0 Å². The van der Waals surface area contributed by atoms with Crippen molar-refractivity contribution in [3.63, 3.8) is 0 Å². The summed E-state index contributed by atoms with van der Waals surface area (Å²) in [7, 11) is 3.47. The van der Waals surface area contributed by atoms with Crippen LogP contribution in [0.4, 0.5) is 24.9 Å². The Morgan fingerprint density at radius 2 is 1.94 bits per heavy atom. The summed E-state index contributed by atoms with van der Waals surface area (Å²) < 4.78 is 39.0. The molecule has 1 aromatic carbocycles. The molecule has 34 heavy (non-hydrogen) atoms. The SMILES string of the molecule is BC1(O)CN(c2ccnc(NC(C)c3ccc(-c4cccc(C(F)(F)F)c4)cn3)n2)C(=C)N1C. The number of aliphatic hydroxyl groups is 1. The number of benzene rings is 1. The Kier molecular flexibility index (Phi) is 5.99. The number of alkyl halides is 3. The number of pyridine rings is 1. The first-order valence-electron chi connectivity index (χ1n) is 10.6. The molecular formula is C23H24BF3N6O. The molecule has 3 aromatic rings. The average Bonchev–Trinajstić information content (AvgIpc) is 3.02. The summed E-state index contributed by atoms with van der Waals surface area (Å²) in [6.07, 6.45) is -1.24. The van der Waals surface area contributed by atoms with Crippen LogP contribution in [0.3, 0.4) is 0 Å². The number of rotatable bonds is 5. The summed E-state index contributed by atoms with van der Waals surface area (Å²) in [5.41, 5.74) is -0.0532. The van der Waals surface area contributed by atoms with Crippen LogP contribution in [-0.2, 0) is 6.18 Å². The summed E-state index contributed by atoms with van der Waals surface area (Å²) in [6, 6.07) is 10.1. The predicted molar refractivity (Wildman–Crippen MR) is 126 cm³/mol. The van der Waals surface area contributed by atoms with Crippen molar-refractivity contribution in [3.8, 4) is 11.1 Å². The molecule has 0 saturated carbocycles. The van der Waals surface area contributed by atoms with E-state index in [9.17, 15) is 18.3 Å². The Morgan fingerprint density at radius 1 is 1.18 bits per heavy atom. The van der Waals surface area contributed by atoms with Gasteiger partial charge in [-0.15, -0.1) is 0 Å². The van der Waals surface area contributed by atoms with Crippen LogP contribution >= 0.6 is 0 Å². The van der Waals surface area contributed by atoms with Gasteiger partial charge in [0.15, 0.2) is 7.85 Å². The van der Waals surface area contributed by atoms with Crippen molar-refractivity contribution in [3.05, 3.63) is 78.5 Å². The van der Waals surface area contributed by atoms with Gasteiger partial charge in [0.2, 0.25) is 5.95 Å². The zero-order chi connectivity index (χ0) is 24.7. The van der Waals surface area contributed by atoms with Crippen LogP contribution in [0.2, 0.25) is 0 Å². The Balaban J connectivity index is 1.48. The highest BCUT2D eigenvalue weighted by Gasteiger charge is 2.39. The van der Waals surface area contributed by atoms with Gasteiger partial charge >= 0.3 is 6.18 Å². The van der Waals surface area contributed by atoms with Crippen molar-refractivity contribution in [1.82, 2.24) is 19.9 Å². The monoisotopic (exact) mass is 468 g/mol. The third-order valence-corrected chi connectivity index (χ3v) is 5.90. The molecule has 3 heterocycles. The van der Waals surface area contributed by atoms with E-state index in [4.69, 9.17) is 0 Å². The molecular weight excluding hydrogens is 444 g/mol. The maximum atomic E-state index is 13.0. The van der Waals surface area contributed by atoms with E-state index in [1.165, 1.54) is 6.07 Å². The Bertz CT molecular complexity index is 1200. The molecule has 0 bridgehead atoms. The number of anilines is 2. The Morgan fingerprint density at radius 3 is 2.56 bits per heavy atom. The number of β-amino-alcohol motifs (C(OH)–C–C–N with tert-alkyl or cyclic N) is 1. The van der Waals surface area contributed by atoms with E-state index in [1.807, 2.05) is 6.92 Å². The molecule has 1 aliphatic rings. The number of halogens is 3. The molecule has 1 saturated heterocycles. The van der Waals surface area contributed by atoms with Crippen molar-refractivity contribution in [2.45, 2.75) is 24.8 Å². The number of aromatic nitrogens is 3. The van der Waals surface area contributed by atoms with Gasteiger partial charge in [-0.05, 0) is 36.8 Å². The number of hydrogen-bond acceptors (Lipinski definition) is 7. The predicted octanol–water partition coefficient (Wildman–Crippen LogP) is 3.23. The maximum Gasteiger partial charge on any atom is 0.416 e. The topological polar surface area (TPSA) is 77.4 Å². The normalized spacial score (nSPS) is 19.4. The van der Waals surface area contributed by atoms with Gasteiger partial charge in [0.25, 0.3) is 0 Å². The van der Waals surface area contributed by atoms with Crippen molar-refractivity contribution in [2.24, 2.45) is 0 Å². The van der Waals surface area contributed by atoms with Crippen LogP contribution in [0.1, 0.15) is 24.2 Å². The molecule has 2 atom stereocenters. The highest BCUT2D eigenvalue weighted by molar-refractivity contribution is 6.15. The summed E-state index contributed by atoms with van der Waals surface area (Å²) in [5.74, 6) is 1.58. The highest BCUT2D eigenvalue weighted by Crippen LogP contribution is 2.33. The number of nitrogens with zero attached hydrogens (tertiary/aromatic N) is 5. The van der Waals surface area contributed by atoms with Gasteiger partial charge in [0, 0.05) is 25.0 Å². The first kappa shape index (κ1) is 23.6. The van der Waals surface area contributed by atoms with E-state index in [2.05, 4.69) is 26.8 Å². The van der Waals surface area contributed by atoms with Crippen LogP contribution in [0.15, 0.2) is 67.3 Å². The fraction of sp³-hybridized carbons (Fsp3) is 0.261. The molecule has 1 aliphatic heterocycles. The molecule has 4 rings (SSSR count). The first-order chi connectivity index (χ1) is 16.0. The van der Waals surface area contributed by atoms with Crippen molar-refractivity contribution in [2.75, 3.05) is 23.8 Å². The van der Waals surface area contributed by atoms with Crippen LogP contribution in [0.25, 0.3) is 11.1 Å². The molecule has 0 radical (unpaired) electrons. The van der Waals surface area contributed by atoms with Crippen LogP contribution in [0.5, 0.6) is 0 Å². The summed E-state index contributed by atoms with van der Waals surface area (Å²) in [4.78, 5) is 16.7. The number of likely N-dealkylation sites (N-methyl/N-ethyl adjacent to an activating group) is 1. The standard InChI is InChI=1S/C23H24BF3N6O/c1-14(19-8-7-17(12-29-19)16-5-4-6-18(11-16)23(25,26)27)30-21-28-10-9-20(31-21)33-13-22(24,34)32(3)15(33)2/h4-12,14,34H,2,13,24H2,1,3H3,(H,28,30,31). The lowest BCUT2D eigenvalue weighted by Gasteiger charge is -2.26. The van der Waals surface area contributed by atoms with E-state index >= 15 is 0 Å². The largest absolute Gasteiger partial charge is 0.416 e. The molecule has 0 aliphatic carbocycles. The summed E-state index contributed by atoms with van der Waals surface area (Å²) in [5, 5.41) is 13.7. The molecule has 2 aromatic heterocycles. The minimum atomic E-state index is -4.40. The van der Waals surface area contributed by atoms with Gasteiger partial charge in [-0.25, -0.2) is 4.98 Å². The second-order valence-electron chi connectivity index (χ2n) is 8.43. The van der Waals surface area contributed by atoms with Gasteiger partial charge < -0.3 is 20.2 Å². The second kappa shape index (κ2) is 8.64. The van der Waals surface area contributed by atoms with Gasteiger partial charge in [-0.1, -0.05) is 24.8 Å². The molecule has 0 amide bonds. The quantitative estimate of drug-likeness (QED) is 0.557. The lowest BCUT2D eigenvalue weighted by molar-refractivity contribution is -0.137. The molecule has 1 fully saturated rings. The average molecular weight is 468 g/mol. The minimum absolute atomic E-state index is 0.265. The molecule has 0 spiro atoms. The fourth-order valence-electron chi connectivity index (χ4n) is 3.71. The van der Waals surface area contributed by atoms with Gasteiger partial charge in [0.1, 0.15) is 17.3 Å². The van der Waals surface area contributed by atoms with Gasteiger partial charge in [0.05, 0.1) is 23.8 Å². The smallest absolute Gasteiger partial charge is 0.378 e. The van der Waals surface area contributed by atoms with Gasteiger partial charge in [-0.3, -0.25) is 4.98 Å². The van der Waals surface area contributed by atoms with Crippen molar-refractivity contribution in [1.29, 1.82) is 0 Å². The van der Waals surface area contributed by atoms with Crippen molar-refractivity contribution >= 4 is 19.6 Å². The number of hydrogen-bond donors (Lipinski definition) is 2. The summed E-state index contributed by atoms with van der Waals surface area (Å²) >= 11 is 0. The third kappa shape index (κ3) is 4.70. The van der Waals surface area contributed by atoms with E-state index < -0.39 is 17.4 Å². The number of nitrogens with one attached hydrogen (secondary N) is 1. The minimum Gasteiger partial charge on any atom is -0.378 e. The molecule has 2 N–H and O–H groups in total. The zero-order valence-electron chi connectivity index (χ0n) is 19.0. The first-order valence-corrected chi connectivity index (χ1v) is 10.6. The molecule has 176 valence electrons. The lowest BCUT2D eigenvalue weighted by Crippen LogP contribution is -2.43.